The molecule has 8 heteroatoms. The van der Waals surface area contributed by atoms with Crippen LogP contribution >= 0.6 is 0 Å². The molecule has 0 aromatic heterocycles. The second-order valence-electron chi connectivity index (χ2n) is 8.56. The van der Waals surface area contributed by atoms with Gasteiger partial charge in [-0.2, -0.15) is 13.2 Å². The van der Waals surface area contributed by atoms with Crippen molar-refractivity contribution in [1.82, 2.24) is 0 Å². The van der Waals surface area contributed by atoms with Crippen molar-refractivity contribution in [3.63, 3.8) is 0 Å². The molecule has 3 N–H and O–H groups in total. The maximum absolute atomic E-state index is 10.6. The minimum atomic E-state index is -5.08. The summed E-state index contributed by atoms with van der Waals surface area (Å²) in [6, 6.07) is 0. The number of unbranched alkanes of at least 4 members (excludes halogenated alkanes) is 14. The first-order valence-corrected chi connectivity index (χ1v) is 13.0. The molecule has 0 rings (SSSR count). The molecule has 0 saturated carbocycles. The molecule has 0 heterocycles. The van der Waals surface area contributed by atoms with Gasteiger partial charge < -0.3 is 20.3 Å². The van der Waals surface area contributed by atoms with Gasteiger partial charge >= 0.3 is 12.1 Å². The van der Waals surface area contributed by atoms with Gasteiger partial charge in [0, 0.05) is 19.8 Å². The Morgan fingerprint density at radius 3 is 1.48 bits per heavy atom. The standard InChI is InChI=1S/C23H49NO2.C2HF3O2/c1-3-5-7-9-11-13-15-17-19-25-22-23(21-24)26-20-18-16-14-12-10-8-6-4-2;3-2(4,5)1(6)7/h23H,3-22,24H2,1-2H3;(H,6,7). The highest BCUT2D eigenvalue weighted by atomic mass is 19.4. The summed E-state index contributed by atoms with van der Waals surface area (Å²) in [5.74, 6) is -2.76. The summed E-state index contributed by atoms with van der Waals surface area (Å²) in [6.45, 7) is 7.44. The third kappa shape index (κ3) is 29.1. The van der Waals surface area contributed by atoms with Crippen LogP contribution in [0.15, 0.2) is 0 Å². The van der Waals surface area contributed by atoms with E-state index in [1.807, 2.05) is 0 Å². The number of carboxylic acid groups (broad SMARTS) is 1. The van der Waals surface area contributed by atoms with Crippen LogP contribution in [0, 0.1) is 0 Å². The van der Waals surface area contributed by atoms with Gasteiger partial charge in [0.15, 0.2) is 0 Å². The molecule has 0 aromatic carbocycles. The maximum atomic E-state index is 10.6. The first-order chi connectivity index (χ1) is 15.8. The smallest absolute Gasteiger partial charge is 0.475 e. The summed E-state index contributed by atoms with van der Waals surface area (Å²) < 4.78 is 43.4. The number of nitrogens with two attached hydrogens (primary N) is 1. The van der Waals surface area contributed by atoms with E-state index < -0.39 is 12.1 Å². The topological polar surface area (TPSA) is 81.8 Å². The highest BCUT2D eigenvalue weighted by molar-refractivity contribution is 5.73. The molecule has 0 saturated heterocycles. The molecule has 33 heavy (non-hydrogen) atoms. The number of carbonyl (C=O) groups is 1. The lowest BCUT2D eigenvalue weighted by Crippen LogP contribution is -2.29. The fourth-order valence-electron chi connectivity index (χ4n) is 3.22. The van der Waals surface area contributed by atoms with E-state index in [0.717, 1.165) is 19.6 Å². The van der Waals surface area contributed by atoms with Crippen LogP contribution in [0.4, 0.5) is 13.2 Å². The van der Waals surface area contributed by atoms with Gasteiger partial charge in [0.05, 0.1) is 12.7 Å². The monoisotopic (exact) mass is 485 g/mol. The van der Waals surface area contributed by atoms with Crippen LogP contribution in [-0.2, 0) is 14.3 Å². The average Bonchev–Trinajstić information content (AvgIpc) is 2.77. The van der Waals surface area contributed by atoms with Crippen LogP contribution in [0.5, 0.6) is 0 Å². The van der Waals surface area contributed by atoms with E-state index in [4.69, 9.17) is 25.1 Å². The normalized spacial score (nSPS) is 12.3. The molecule has 0 aliphatic rings. The van der Waals surface area contributed by atoms with Gasteiger partial charge in [-0.3, -0.25) is 0 Å². The van der Waals surface area contributed by atoms with Crippen molar-refractivity contribution in [2.75, 3.05) is 26.4 Å². The summed E-state index contributed by atoms with van der Waals surface area (Å²) in [6.07, 6.45) is 16.4. The second-order valence-corrected chi connectivity index (χ2v) is 8.56. The minimum Gasteiger partial charge on any atom is -0.475 e. The van der Waals surface area contributed by atoms with E-state index in [1.165, 1.54) is 96.3 Å². The van der Waals surface area contributed by atoms with Crippen molar-refractivity contribution in [3.8, 4) is 0 Å². The van der Waals surface area contributed by atoms with Crippen LogP contribution < -0.4 is 5.73 Å². The number of hydrogen-bond donors (Lipinski definition) is 2. The van der Waals surface area contributed by atoms with Crippen molar-refractivity contribution in [2.45, 2.75) is 129 Å². The Kier molecular flexibility index (Phi) is 26.8. The van der Waals surface area contributed by atoms with Gasteiger partial charge in [-0.05, 0) is 12.8 Å². The molecule has 0 aliphatic carbocycles. The molecular weight excluding hydrogens is 435 g/mol. The third-order valence-electron chi connectivity index (χ3n) is 5.30. The molecule has 1 unspecified atom stereocenters. The van der Waals surface area contributed by atoms with E-state index in [-0.39, 0.29) is 6.10 Å². The van der Waals surface area contributed by atoms with Crippen LogP contribution in [0.1, 0.15) is 117 Å². The quantitative estimate of drug-likeness (QED) is 0.158. The number of alkyl halides is 3. The SMILES string of the molecule is CCCCCCCCCCOCC(CN)OCCCCCCCCCC.O=C(O)C(F)(F)F. The Bertz CT molecular complexity index is 410. The predicted molar refractivity (Wildman–Crippen MR) is 129 cm³/mol. The van der Waals surface area contributed by atoms with E-state index in [0.29, 0.717) is 13.2 Å². The van der Waals surface area contributed by atoms with Crippen molar-refractivity contribution >= 4 is 5.97 Å². The maximum Gasteiger partial charge on any atom is 0.490 e. The molecule has 0 spiro atoms. The van der Waals surface area contributed by atoms with Crippen LogP contribution in [0.3, 0.4) is 0 Å². The average molecular weight is 486 g/mol. The number of aliphatic carboxylic acids is 1. The Hall–Kier alpha value is -0.860. The molecule has 0 aliphatic heterocycles. The molecule has 0 bridgehead atoms. The summed E-state index contributed by atoms with van der Waals surface area (Å²) >= 11 is 0. The number of rotatable bonds is 22. The predicted octanol–water partition coefficient (Wildman–Crippen LogP) is 7.26. The number of carboxylic acids is 1. The molecule has 0 aromatic rings. The third-order valence-corrected chi connectivity index (χ3v) is 5.30. The summed E-state index contributed by atoms with van der Waals surface area (Å²) in [7, 11) is 0. The van der Waals surface area contributed by atoms with E-state index in [1.54, 1.807) is 0 Å². The fraction of sp³-hybridized carbons (Fsp3) is 0.960. The van der Waals surface area contributed by atoms with Gasteiger partial charge in [0.1, 0.15) is 0 Å². The summed E-state index contributed by atoms with van der Waals surface area (Å²) in [5, 5.41) is 7.12. The highest BCUT2D eigenvalue weighted by Gasteiger charge is 2.38. The zero-order valence-corrected chi connectivity index (χ0v) is 21.1. The van der Waals surface area contributed by atoms with Crippen molar-refractivity contribution in [2.24, 2.45) is 5.73 Å². The first kappa shape index (κ1) is 34.3. The molecule has 0 fully saturated rings. The lowest BCUT2D eigenvalue weighted by molar-refractivity contribution is -0.192. The van der Waals surface area contributed by atoms with E-state index >= 15 is 0 Å². The van der Waals surface area contributed by atoms with Gasteiger partial charge in [0.25, 0.3) is 0 Å². The van der Waals surface area contributed by atoms with Gasteiger partial charge in [-0.15, -0.1) is 0 Å². The number of hydrogen-bond acceptors (Lipinski definition) is 4. The van der Waals surface area contributed by atoms with Crippen molar-refractivity contribution in [1.29, 1.82) is 0 Å². The van der Waals surface area contributed by atoms with Crippen LogP contribution in [0.2, 0.25) is 0 Å². The van der Waals surface area contributed by atoms with Crippen LogP contribution in [0.25, 0.3) is 0 Å². The molecule has 0 amide bonds. The Morgan fingerprint density at radius 1 is 0.758 bits per heavy atom. The fourth-order valence-corrected chi connectivity index (χ4v) is 3.22. The largest absolute Gasteiger partial charge is 0.490 e. The zero-order chi connectivity index (χ0) is 25.2. The molecular formula is C25H50F3NO4. The lowest BCUT2D eigenvalue weighted by Gasteiger charge is -2.16. The zero-order valence-electron chi connectivity index (χ0n) is 21.1. The lowest BCUT2D eigenvalue weighted by atomic mass is 10.1. The second kappa shape index (κ2) is 25.8. The minimum absolute atomic E-state index is 0.0774. The Morgan fingerprint density at radius 2 is 1.12 bits per heavy atom. The van der Waals surface area contributed by atoms with Gasteiger partial charge in [0.2, 0.25) is 0 Å². The molecule has 0 radical (unpaired) electrons. The van der Waals surface area contributed by atoms with E-state index in [9.17, 15) is 13.2 Å². The van der Waals surface area contributed by atoms with Gasteiger partial charge in [-0.1, -0.05) is 104 Å². The molecule has 1 atom stereocenters. The summed E-state index contributed by atoms with van der Waals surface area (Å²) in [4.78, 5) is 8.90. The van der Waals surface area contributed by atoms with Gasteiger partial charge in [-0.25, -0.2) is 4.79 Å². The summed E-state index contributed by atoms with van der Waals surface area (Å²) in [5.41, 5.74) is 5.80. The van der Waals surface area contributed by atoms with Crippen LogP contribution in [-0.4, -0.2) is 49.7 Å². The number of ether oxygens (including phenoxy) is 2. The number of halogens is 3. The van der Waals surface area contributed by atoms with Crippen molar-refractivity contribution in [3.05, 3.63) is 0 Å². The van der Waals surface area contributed by atoms with E-state index in [2.05, 4.69) is 13.8 Å². The molecule has 5 nitrogen and oxygen atoms in total. The highest BCUT2D eigenvalue weighted by Crippen LogP contribution is 2.13. The van der Waals surface area contributed by atoms with Crippen molar-refractivity contribution < 1.29 is 32.5 Å². The molecule has 200 valence electrons. The Balaban J connectivity index is 0. The Labute approximate surface area is 200 Å². The first-order valence-electron chi connectivity index (χ1n) is 13.0.